The first-order valence-corrected chi connectivity index (χ1v) is 6.24. The second-order valence-corrected chi connectivity index (χ2v) is 4.21. The van der Waals surface area contributed by atoms with Gasteiger partial charge < -0.3 is 11.1 Å². The molecule has 0 bridgehead atoms. The summed E-state index contributed by atoms with van der Waals surface area (Å²) >= 11 is 0. The van der Waals surface area contributed by atoms with Crippen LogP contribution in [0.1, 0.15) is 19.8 Å². The first kappa shape index (κ1) is 15.5. The van der Waals surface area contributed by atoms with Crippen LogP contribution in [0.25, 0.3) is 0 Å². The topological polar surface area (TPSA) is 123 Å². The van der Waals surface area contributed by atoms with Gasteiger partial charge in [0.05, 0.1) is 12.5 Å². The lowest BCUT2D eigenvalue weighted by Crippen LogP contribution is -2.44. The summed E-state index contributed by atoms with van der Waals surface area (Å²) in [5, 5.41) is 10.8. The molecule has 0 saturated heterocycles. The van der Waals surface area contributed by atoms with Crippen LogP contribution in [0.3, 0.4) is 0 Å². The molecule has 0 aliphatic carbocycles. The van der Waals surface area contributed by atoms with Gasteiger partial charge in [-0.05, 0) is 6.42 Å². The Hall–Kier alpha value is -2.56. The smallest absolute Gasteiger partial charge is 0.331 e. The lowest BCUT2D eigenvalue weighted by Gasteiger charge is -2.10. The molecular weight excluding hydrogens is 262 g/mol. The molecule has 8 heteroatoms. The minimum Gasteiger partial charge on any atom is -0.393 e. The normalized spacial score (nSPS) is 10.0. The molecule has 1 rings (SSSR count). The SMILES string of the molecule is CCCn1cc(N)c(=O)n(CC(=O)NCCC#N)c1=O. The molecule has 0 aliphatic heterocycles. The maximum atomic E-state index is 12.0. The fourth-order valence-corrected chi connectivity index (χ4v) is 1.67. The van der Waals surface area contributed by atoms with Crippen LogP contribution in [0.2, 0.25) is 0 Å². The monoisotopic (exact) mass is 279 g/mol. The van der Waals surface area contributed by atoms with E-state index in [0.717, 1.165) is 4.57 Å². The molecule has 1 heterocycles. The Bertz CT molecular complexity index is 638. The third kappa shape index (κ3) is 3.71. The minimum absolute atomic E-state index is 0.0807. The second-order valence-electron chi connectivity index (χ2n) is 4.21. The molecular formula is C12H17N5O3. The number of nitrogens with two attached hydrogens (primary N) is 1. The molecule has 1 aromatic rings. The van der Waals surface area contributed by atoms with Crippen molar-refractivity contribution in [3.05, 3.63) is 27.0 Å². The number of nitrogen functional groups attached to an aromatic ring is 1. The Kier molecular flexibility index (Phi) is 5.53. The lowest BCUT2D eigenvalue weighted by molar-refractivity contribution is -0.121. The second kappa shape index (κ2) is 7.13. The van der Waals surface area contributed by atoms with Crippen molar-refractivity contribution in [3.8, 4) is 6.07 Å². The Morgan fingerprint density at radius 1 is 1.50 bits per heavy atom. The van der Waals surface area contributed by atoms with Crippen molar-refractivity contribution in [2.45, 2.75) is 32.9 Å². The van der Waals surface area contributed by atoms with Gasteiger partial charge in [-0.2, -0.15) is 5.26 Å². The van der Waals surface area contributed by atoms with E-state index in [1.54, 1.807) is 0 Å². The summed E-state index contributed by atoms with van der Waals surface area (Å²) < 4.78 is 2.10. The van der Waals surface area contributed by atoms with Gasteiger partial charge >= 0.3 is 5.69 Å². The average molecular weight is 279 g/mol. The molecule has 0 radical (unpaired) electrons. The zero-order chi connectivity index (χ0) is 15.1. The standard InChI is InChI=1S/C12H17N5O3/c1-2-6-16-7-9(14)11(19)17(12(16)20)8-10(18)15-5-3-4-13/h7H,2-3,5-6,8,14H2,1H3,(H,15,18). The van der Waals surface area contributed by atoms with E-state index in [9.17, 15) is 14.4 Å². The summed E-state index contributed by atoms with van der Waals surface area (Å²) in [7, 11) is 0. The summed E-state index contributed by atoms with van der Waals surface area (Å²) in [6.45, 7) is 2.07. The Morgan fingerprint density at radius 2 is 2.20 bits per heavy atom. The van der Waals surface area contributed by atoms with Gasteiger partial charge in [0.1, 0.15) is 12.2 Å². The van der Waals surface area contributed by atoms with E-state index in [0.29, 0.717) is 13.0 Å². The number of nitrogens with one attached hydrogen (secondary N) is 1. The van der Waals surface area contributed by atoms with E-state index in [1.807, 2.05) is 13.0 Å². The number of hydrogen-bond acceptors (Lipinski definition) is 5. The maximum Gasteiger partial charge on any atom is 0.331 e. The van der Waals surface area contributed by atoms with E-state index in [-0.39, 0.29) is 18.7 Å². The van der Waals surface area contributed by atoms with Gasteiger partial charge in [-0.25, -0.2) is 9.36 Å². The van der Waals surface area contributed by atoms with E-state index in [2.05, 4.69) is 5.32 Å². The Labute approximate surface area is 115 Å². The first-order chi connectivity index (χ1) is 9.51. The van der Waals surface area contributed by atoms with Crippen LogP contribution in [-0.4, -0.2) is 21.6 Å². The molecule has 0 fully saturated rings. The zero-order valence-corrected chi connectivity index (χ0v) is 11.3. The fourth-order valence-electron chi connectivity index (χ4n) is 1.67. The van der Waals surface area contributed by atoms with Crippen LogP contribution in [0.15, 0.2) is 15.8 Å². The van der Waals surface area contributed by atoms with Gasteiger partial charge in [0.15, 0.2) is 0 Å². The minimum atomic E-state index is -0.683. The molecule has 0 saturated carbocycles. The summed E-state index contributed by atoms with van der Waals surface area (Å²) in [6, 6.07) is 1.88. The highest BCUT2D eigenvalue weighted by atomic mass is 16.2. The zero-order valence-electron chi connectivity index (χ0n) is 11.3. The van der Waals surface area contributed by atoms with Crippen molar-refractivity contribution in [2.75, 3.05) is 12.3 Å². The molecule has 0 unspecified atom stereocenters. The number of aryl methyl sites for hydroxylation is 1. The maximum absolute atomic E-state index is 12.0. The van der Waals surface area contributed by atoms with Gasteiger partial charge in [-0.1, -0.05) is 6.92 Å². The molecule has 108 valence electrons. The number of carbonyl (C=O) groups is 1. The highest BCUT2D eigenvalue weighted by Crippen LogP contribution is 1.92. The van der Waals surface area contributed by atoms with Gasteiger partial charge in [0.25, 0.3) is 5.56 Å². The fraction of sp³-hybridized carbons (Fsp3) is 0.500. The number of hydrogen-bond donors (Lipinski definition) is 2. The molecule has 1 aromatic heterocycles. The number of nitriles is 1. The number of anilines is 1. The molecule has 0 aromatic carbocycles. The molecule has 0 aliphatic rings. The van der Waals surface area contributed by atoms with E-state index in [4.69, 9.17) is 11.0 Å². The van der Waals surface area contributed by atoms with Crippen molar-refractivity contribution < 1.29 is 4.79 Å². The molecule has 0 atom stereocenters. The number of rotatable bonds is 6. The summed E-state index contributed by atoms with van der Waals surface area (Å²) in [5.41, 5.74) is 4.22. The first-order valence-electron chi connectivity index (χ1n) is 6.24. The van der Waals surface area contributed by atoms with Crippen molar-refractivity contribution >= 4 is 11.6 Å². The third-order valence-electron chi connectivity index (χ3n) is 2.59. The molecule has 0 spiro atoms. The molecule has 1 amide bonds. The van der Waals surface area contributed by atoms with E-state index in [1.165, 1.54) is 10.8 Å². The van der Waals surface area contributed by atoms with Crippen LogP contribution in [-0.2, 0) is 17.9 Å². The van der Waals surface area contributed by atoms with Crippen LogP contribution in [0.5, 0.6) is 0 Å². The summed E-state index contributed by atoms with van der Waals surface area (Å²) in [5.74, 6) is -0.506. The van der Waals surface area contributed by atoms with Gasteiger partial charge in [-0.15, -0.1) is 0 Å². The van der Waals surface area contributed by atoms with E-state index >= 15 is 0 Å². The number of amides is 1. The molecule has 3 N–H and O–H groups in total. The van der Waals surface area contributed by atoms with Crippen LogP contribution in [0, 0.1) is 11.3 Å². The third-order valence-corrected chi connectivity index (χ3v) is 2.59. The highest BCUT2D eigenvalue weighted by molar-refractivity contribution is 5.75. The van der Waals surface area contributed by atoms with Crippen molar-refractivity contribution in [3.63, 3.8) is 0 Å². The summed E-state index contributed by atoms with van der Waals surface area (Å²) in [4.78, 5) is 35.4. The van der Waals surface area contributed by atoms with Gasteiger partial charge in [-0.3, -0.25) is 14.2 Å². The highest BCUT2D eigenvalue weighted by Gasteiger charge is 2.12. The van der Waals surface area contributed by atoms with Crippen molar-refractivity contribution in [1.29, 1.82) is 5.26 Å². The molecule has 8 nitrogen and oxygen atoms in total. The predicted molar refractivity (Wildman–Crippen MR) is 72.9 cm³/mol. The van der Waals surface area contributed by atoms with Crippen molar-refractivity contribution in [1.82, 2.24) is 14.5 Å². The van der Waals surface area contributed by atoms with Crippen LogP contribution in [0.4, 0.5) is 5.69 Å². The number of aromatic nitrogens is 2. The molecule has 20 heavy (non-hydrogen) atoms. The van der Waals surface area contributed by atoms with Crippen LogP contribution < -0.4 is 22.3 Å². The van der Waals surface area contributed by atoms with E-state index < -0.39 is 23.7 Å². The predicted octanol–water partition coefficient (Wildman–Crippen LogP) is -0.968. The van der Waals surface area contributed by atoms with Crippen molar-refractivity contribution in [2.24, 2.45) is 0 Å². The van der Waals surface area contributed by atoms with Crippen LogP contribution >= 0.6 is 0 Å². The largest absolute Gasteiger partial charge is 0.393 e. The number of carbonyl (C=O) groups excluding carboxylic acids is 1. The van der Waals surface area contributed by atoms with Gasteiger partial charge in [0, 0.05) is 19.3 Å². The van der Waals surface area contributed by atoms with Gasteiger partial charge in [0.2, 0.25) is 5.91 Å². The Morgan fingerprint density at radius 3 is 2.80 bits per heavy atom. The number of nitrogens with zero attached hydrogens (tertiary/aromatic N) is 3. The average Bonchev–Trinajstić information content (AvgIpc) is 2.41. The Balaban J connectivity index is 3.00. The lowest BCUT2D eigenvalue weighted by atomic mass is 10.4. The quantitative estimate of drug-likeness (QED) is 0.649. The summed E-state index contributed by atoms with van der Waals surface area (Å²) in [6.07, 6.45) is 2.15.